The highest BCUT2D eigenvalue weighted by atomic mass is 16.4. The highest BCUT2D eigenvalue weighted by Gasteiger charge is 2.70. The summed E-state index contributed by atoms with van der Waals surface area (Å²) in [4.78, 5) is 25.3. The van der Waals surface area contributed by atoms with Crippen molar-refractivity contribution >= 4 is 11.9 Å². The Labute approximate surface area is 211 Å². The van der Waals surface area contributed by atoms with Gasteiger partial charge in [-0.1, -0.05) is 48.5 Å². The maximum atomic E-state index is 13.3. The van der Waals surface area contributed by atoms with E-state index in [-0.39, 0.29) is 45.4 Å². The van der Waals surface area contributed by atoms with E-state index in [1.807, 2.05) is 0 Å². The van der Waals surface area contributed by atoms with Gasteiger partial charge in [0.1, 0.15) is 0 Å². The van der Waals surface area contributed by atoms with Crippen molar-refractivity contribution in [2.45, 2.75) is 118 Å². The first-order valence-corrected chi connectivity index (χ1v) is 14.1. The Hall–Kier alpha value is -1.36. The Kier molecular flexibility index (Phi) is 5.48. The summed E-state index contributed by atoms with van der Waals surface area (Å²) in [5.74, 6) is 1.61. The normalized spacial score (nSPS) is 48.7. The molecule has 4 saturated carbocycles. The Balaban J connectivity index is 1.61. The fourth-order valence-electron chi connectivity index (χ4n) is 10.9. The number of aliphatic hydroxyl groups excluding tert-OH is 1. The molecule has 5 rings (SSSR count). The van der Waals surface area contributed by atoms with Crippen molar-refractivity contribution in [3.8, 4) is 0 Å². The van der Waals surface area contributed by atoms with Crippen LogP contribution in [0.5, 0.6) is 0 Å². The van der Waals surface area contributed by atoms with Gasteiger partial charge in [-0.3, -0.25) is 4.79 Å². The molecule has 0 bridgehead atoms. The number of ketones is 1. The number of hydrogen-bond acceptors (Lipinski definition) is 3. The SMILES string of the molecule is CC(C)C1=C2C3CCC4C5(C)CCC(O)C(C)(C)C5CCC4(C)[C@]3(C)CCC2(NC(=O)O)CC1=O. The van der Waals surface area contributed by atoms with E-state index in [0.717, 1.165) is 62.5 Å². The summed E-state index contributed by atoms with van der Waals surface area (Å²) in [6, 6.07) is 0. The average Bonchev–Trinajstić information content (AvgIpc) is 3.03. The zero-order valence-corrected chi connectivity index (χ0v) is 23.0. The van der Waals surface area contributed by atoms with Gasteiger partial charge in [-0.2, -0.15) is 0 Å². The number of hydrogen-bond donors (Lipinski definition) is 3. The predicted molar refractivity (Wildman–Crippen MR) is 137 cm³/mol. The van der Waals surface area contributed by atoms with Gasteiger partial charge in [-0.25, -0.2) is 4.79 Å². The molecular weight excluding hydrogens is 438 g/mol. The minimum absolute atomic E-state index is 0.0356. The van der Waals surface area contributed by atoms with E-state index in [9.17, 15) is 19.8 Å². The zero-order chi connectivity index (χ0) is 25.8. The van der Waals surface area contributed by atoms with Crippen LogP contribution in [0.15, 0.2) is 11.1 Å². The lowest BCUT2D eigenvalue weighted by Crippen LogP contribution is -2.67. The van der Waals surface area contributed by atoms with E-state index >= 15 is 0 Å². The van der Waals surface area contributed by atoms with Crippen LogP contribution in [-0.4, -0.2) is 33.7 Å². The van der Waals surface area contributed by atoms with Gasteiger partial charge < -0.3 is 15.5 Å². The third-order valence-electron chi connectivity index (χ3n) is 12.8. The van der Waals surface area contributed by atoms with Crippen molar-refractivity contribution in [3.63, 3.8) is 0 Å². The highest BCUT2D eigenvalue weighted by Crippen LogP contribution is 2.75. The van der Waals surface area contributed by atoms with Crippen molar-refractivity contribution in [2.75, 3.05) is 0 Å². The van der Waals surface area contributed by atoms with Crippen LogP contribution in [0.3, 0.4) is 0 Å². The van der Waals surface area contributed by atoms with Crippen molar-refractivity contribution < 1.29 is 19.8 Å². The van der Waals surface area contributed by atoms with Gasteiger partial charge in [0.05, 0.1) is 11.6 Å². The predicted octanol–water partition coefficient (Wildman–Crippen LogP) is 6.35. The Morgan fingerprint density at radius 1 is 0.914 bits per heavy atom. The summed E-state index contributed by atoms with van der Waals surface area (Å²) in [6.07, 6.45) is 7.16. The van der Waals surface area contributed by atoms with Gasteiger partial charge in [-0.05, 0) is 108 Å². The Morgan fingerprint density at radius 2 is 1.60 bits per heavy atom. The monoisotopic (exact) mass is 485 g/mol. The molecule has 8 atom stereocenters. The van der Waals surface area contributed by atoms with Gasteiger partial charge in [0.15, 0.2) is 5.78 Å². The number of carbonyl (C=O) groups is 2. The minimum Gasteiger partial charge on any atom is -0.465 e. The Bertz CT molecular complexity index is 983. The Morgan fingerprint density at radius 3 is 2.23 bits per heavy atom. The van der Waals surface area contributed by atoms with Gasteiger partial charge in [0.25, 0.3) is 0 Å². The number of amides is 1. The van der Waals surface area contributed by atoms with E-state index in [4.69, 9.17) is 0 Å². The summed E-state index contributed by atoms with van der Waals surface area (Å²) in [7, 11) is 0. The average molecular weight is 486 g/mol. The summed E-state index contributed by atoms with van der Waals surface area (Å²) in [5, 5.41) is 23.6. The van der Waals surface area contributed by atoms with E-state index in [1.165, 1.54) is 0 Å². The minimum atomic E-state index is -1.01. The van der Waals surface area contributed by atoms with Crippen LogP contribution in [0.4, 0.5) is 4.79 Å². The number of nitrogens with one attached hydrogen (secondary N) is 1. The lowest BCUT2D eigenvalue weighted by Gasteiger charge is -2.72. The fourth-order valence-corrected chi connectivity index (χ4v) is 10.9. The molecule has 5 heteroatoms. The van der Waals surface area contributed by atoms with E-state index in [0.29, 0.717) is 18.3 Å². The number of rotatable bonds is 2. The molecule has 5 nitrogen and oxygen atoms in total. The molecule has 0 aromatic rings. The first kappa shape index (κ1) is 25.3. The van der Waals surface area contributed by atoms with Crippen LogP contribution >= 0.6 is 0 Å². The van der Waals surface area contributed by atoms with E-state index in [1.54, 1.807) is 0 Å². The molecule has 0 heterocycles. The van der Waals surface area contributed by atoms with Crippen molar-refractivity contribution in [3.05, 3.63) is 11.1 Å². The molecule has 0 aliphatic heterocycles. The number of aliphatic hydroxyl groups is 1. The summed E-state index contributed by atoms with van der Waals surface area (Å²) < 4.78 is 0. The lowest BCUT2D eigenvalue weighted by atomic mass is 9.33. The molecule has 7 unspecified atom stereocenters. The van der Waals surface area contributed by atoms with Crippen LogP contribution in [0.25, 0.3) is 0 Å². The molecule has 4 fully saturated rings. The van der Waals surface area contributed by atoms with Gasteiger partial charge in [-0.15, -0.1) is 0 Å². The number of carbonyl (C=O) groups excluding carboxylic acids is 1. The standard InChI is InChI=1S/C30H47NO4/c1-17(2)23-19(32)16-30(31-25(34)35)15-14-28(6)18(24(23)30)8-9-21-27(5)12-11-22(33)26(3,4)20(27)10-13-29(21,28)7/h17-18,20-22,31,33H,8-16H2,1-7H3,(H,34,35)/t18?,20?,21?,22?,27?,28-,29?,30?/m1/s1. The van der Waals surface area contributed by atoms with Crippen LogP contribution < -0.4 is 5.32 Å². The molecular formula is C30H47NO4. The largest absolute Gasteiger partial charge is 0.465 e. The second-order valence-corrected chi connectivity index (χ2v) is 14.6. The lowest BCUT2D eigenvalue weighted by molar-refractivity contribution is -0.226. The molecule has 3 N–H and O–H groups in total. The first-order valence-electron chi connectivity index (χ1n) is 14.1. The van der Waals surface area contributed by atoms with Crippen molar-refractivity contribution in [1.82, 2.24) is 5.32 Å². The number of carboxylic acid groups (broad SMARTS) is 1. The van der Waals surface area contributed by atoms with Gasteiger partial charge in [0.2, 0.25) is 0 Å². The van der Waals surface area contributed by atoms with Crippen molar-refractivity contribution in [2.24, 2.45) is 45.3 Å². The molecule has 0 radical (unpaired) electrons. The number of fused-ring (bicyclic) bond motifs is 7. The van der Waals surface area contributed by atoms with Crippen LogP contribution in [0.2, 0.25) is 0 Å². The van der Waals surface area contributed by atoms with Gasteiger partial charge in [0, 0.05) is 6.42 Å². The third kappa shape index (κ3) is 3.09. The summed E-state index contributed by atoms with van der Waals surface area (Å²) in [6.45, 7) is 16.3. The topological polar surface area (TPSA) is 86.6 Å². The van der Waals surface area contributed by atoms with Crippen LogP contribution in [-0.2, 0) is 4.79 Å². The van der Waals surface area contributed by atoms with E-state index in [2.05, 4.69) is 53.8 Å². The van der Waals surface area contributed by atoms with E-state index < -0.39 is 11.6 Å². The molecule has 5 aliphatic carbocycles. The smallest absolute Gasteiger partial charge is 0.405 e. The highest BCUT2D eigenvalue weighted by molar-refractivity contribution is 6.02. The second-order valence-electron chi connectivity index (χ2n) is 14.6. The third-order valence-corrected chi connectivity index (χ3v) is 12.8. The number of allylic oxidation sites excluding steroid dienone is 1. The van der Waals surface area contributed by atoms with Crippen LogP contribution in [0.1, 0.15) is 106 Å². The number of Topliss-reactive ketones (excluding diaryl/α,β-unsaturated/α-hetero) is 1. The van der Waals surface area contributed by atoms with Gasteiger partial charge >= 0.3 is 6.09 Å². The quantitative estimate of drug-likeness (QED) is 0.425. The molecule has 0 aromatic carbocycles. The zero-order valence-electron chi connectivity index (χ0n) is 23.0. The molecule has 0 saturated heterocycles. The molecule has 0 aromatic heterocycles. The molecule has 1 amide bonds. The maximum absolute atomic E-state index is 13.3. The molecule has 35 heavy (non-hydrogen) atoms. The first-order chi connectivity index (χ1) is 16.1. The fraction of sp³-hybridized carbons (Fsp3) is 0.867. The van der Waals surface area contributed by atoms with Crippen LogP contribution in [0, 0.1) is 45.3 Å². The van der Waals surface area contributed by atoms with Crippen molar-refractivity contribution in [1.29, 1.82) is 0 Å². The summed E-state index contributed by atoms with van der Waals surface area (Å²) >= 11 is 0. The maximum Gasteiger partial charge on any atom is 0.405 e. The molecule has 0 spiro atoms. The summed E-state index contributed by atoms with van der Waals surface area (Å²) in [5.41, 5.74) is 1.67. The molecule has 196 valence electrons. The second kappa shape index (κ2) is 7.58. The molecule has 5 aliphatic rings.